The van der Waals surface area contributed by atoms with E-state index >= 15 is 0 Å². The SMILES string of the molecule is NC1CCC(OCCNc2ncnc3c2CCCC3)CC1. The number of ether oxygens (including phenoxy) is 1. The van der Waals surface area contributed by atoms with Crippen LogP contribution in [0.2, 0.25) is 0 Å². The van der Waals surface area contributed by atoms with E-state index < -0.39 is 0 Å². The molecule has 0 amide bonds. The number of hydrogen-bond acceptors (Lipinski definition) is 5. The second kappa shape index (κ2) is 7.18. The van der Waals surface area contributed by atoms with Crippen molar-refractivity contribution in [1.29, 1.82) is 0 Å². The lowest BCUT2D eigenvalue weighted by Gasteiger charge is -2.26. The van der Waals surface area contributed by atoms with Gasteiger partial charge in [-0.3, -0.25) is 0 Å². The van der Waals surface area contributed by atoms with E-state index in [0.29, 0.717) is 12.1 Å². The minimum absolute atomic E-state index is 0.385. The molecule has 21 heavy (non-hydrogen) atoms. The smallest absolute Gasteiger partial charge is 0.132 e. The minimum Gasteiger partial charge on any atom is -0.376 e. The molecule has 0 aliphatic heterocycles. The molecule has 0 spiro atoms. The second-order valence-corrected chi connectivity index (χ2v) is 6.19. The lowest BCUT2D eigenvalue weighted by Crippen LogP contribution is -2.31. The van der Waals surface area contributed by atoms with Gasteiger partial charge in [0.1, 0.15) is 12.1 Å². The lowest BCUT2D eigenvalue weighted by atomic mass is 9.94. The maximum Gasteiger partial charge on any atom is 0.132 e. The lowest BCUT2D eigenvalue weighted by molar-refractivity contribution is 0.0313. The van der Waals surface area contributed by atoms with Crippen molar-refractivity contribution in [2.75, 3.05) is 18.5 Å². The molecule has 5 heteroatoms. The fraction of sp³-hybridized carbons (Fsp3) is 0.750. The van der Waals surface area contributed by atoms with Gasteiger partial charge in [0.2, 0.25) is 0 Å². The first kappa shape index (κ1) is 14.7. The molecule has 1 heterocycles. The van der Waals surface area contributed by atoms with Gasteiger partial charge in [0.05, 0.1) is 12.7 Å². The molecule has 1 fully saturated rings. The first-order chi connectivity index (χ1) is 10.3. The van der Waals surface area contributed by atoms with Crippen LogP contribution in [0, 0.1) is 0 Å². The number of rotatable bonds is 5. The van der Waals surface area contributed by atoms with Crippen molar-refractivity contribution in [2.24, 2.45) is 5.73 Å². The standard InChI is InChI=1S/C16H26N4O/c17-12-5-7-13(8-6-12)21-10-9-18-16-14-3-1-2-4-15(14)19-11-20-16/h11-13H,1-10,17H2,(H,18,19,20). The Hall–Kier alpha value is -1.20. The third-order valence-corrected chi connectivity index (χ3v) is 4.59. The third kappa shape index (κ3) is 3.92. The summed E-state index contributed by atoms with van der Waals surface area (Å²) in [4.78, 5) is 8.79. The van der Waals surface area contributed by atoms with E-state index in [4.69, 9.17) is 10.5 Å². The summed E-state index contributed by atoms with van der Waals surface area (Å²) >= 11 is 0. The van der Waals surface area contributed by atoms with Crippen LogP contribution in [0.1, 0.15) is 49.8 Å². The molecule has 116 valence electrons. The van der Waals surface area contributed by atoms with Gasteiger partial charge >= 0.3 is 0 Å². The van der Waals surface area contributed by atoms with Crippen LogP contribution < -0.4 is 11.1 Å². The van der Waals surface area contributed by atoms with E-state index in [1.807, 2.05) is 0 Å². The summed E-state index contributed by atoms with van der Waals surface area (Å²) in [6, 6.07) is 0.385. The largest absolute Gasteiger partial charge is 0.376 e. The van der Waals surface area contributed by atoms with Crippen molar-refractivity contribution in [3.05, 3.63) is 17.6 Å². The predicted octanol–water partition coefficient (Wildman–Crippen LogP) is 2.05. The van der Waals surface area contributed by atoms with Gasteiger partial charge in [-0.2, -0.15) is 0 Å². The Kier molecular flexibility index (Phi) is 5.04. The van der Waals surface area contributed by atoms with Crippen molar-refractivity contribution in [2.45, 2.75) is 63.5 Å². The minimum atomic E-state index is 0.385. The molecule has 0 atom stereocenters. The molecule has 1 aromatic rings. The van der Waals surface area contributed by atoms with Gasteiger partial charge in [-0.1, -0.05) is 0 Å². The van der Waals surface area contributed by atoms with E-state index in [2.05, 4.69) is 15.3 Å². The molecule has 5 nitrogen and oxygen atoms in total. The monoisotopic (exact) mass is 290 g/mol. The van der Waals surface area contributed by atoms with Gasteiger partial charge < -0.3 is 15.8 Å². The summed E-state index contributed by atoms with van der Waals surface area (Å²) in [7, 11) is 0. The summed E-state index contributed by atoms with van der Waals surface area (Å²) in [5, 5.41) is 3.42. The van der Waals surface area contributed by atoms with Crippen molar-refractivity contribution in [1.82, 2.24) is 9.97 Å². The molecule has 3 rings (SSSR count). The number of anilines is 1. The van der Waals surface area contributed by atoms with Gasteiger partial charge in [-0.05, 0) is 51.4 Å². The molecule has 0 unspecified atom stereocenters. The van der Waals surface area contributed by atoms with Gasteiger partial charge in [-0.15, -0.1) is 0 Å². The van der Waals surface area contributed by atoms with Crippen LogP contribution in [0.3, 0.4) is 0 Å². The molecular formula is C16H26N4O. The van der Waals surface area contributed by atoms with E-state index in [9.17, 15) is 0 Å². The van der Waals surface area contributed by atoms with Gasteiger partial charge in [-0.25, -0.2) is 9.97 Å². The van der Waals surface area contributed by atoms with Gasteiger partial charge in [0, 0.05) is 23.8 Å². The van der Waals surface area contributed by atoms with Crippen LogP contribution in [0.5, 0.6) is 0 Å². The van der Waals surface area contributed by atoms with Crippen molar-refractivity contribution in [3.8, 4) is 0 Å². The highest BCUT2D eigenvalue weighted by Crippen LogP contribution is 2.24. The van der Waals surface area contributed by atoms with Crippen LogP contribution in [0.15, 0.2) is 6.33 Å². The second-order valence-electron chi connectivity index (χ2n) is 6.19. The van der Waals surface area contributed by atoms with Crippen LogP contribution in [-0.4, -0.2) is 35.3 Å². The Bertz CT molecular complexity index is 458. The normalized spacial score (nSPS) is 25.4. The van der Waals surface area contributed by atoms with Crippen LogP contribution >= 0.6 is 0 Å². The number of hydrogen-bond donors (Lipinski definition) is 2. The highest BCUT2D eigenvalue weighted by Gasteiger charge is 2.19. The summed E-state index contributed by atoms with van der Waals surface area (Å²) < 4.78 is 5.94. The van der Waals surface area contributed by atoms with Crippen LogP contribution in [0.25, 0.3) is 0 Å². The summed E-state index contributed by atoms with van der Waals surface area (Å²) in [6.45, 7) is 1.55. The molecule has 2 aliphatic rings. The topological polar surface area (TPSA) is 73.1 Å². The number of nitrogens with zero attached hydrogens (tertiary/aromatic N) is 2. The Labute approximate surface area is 126 Å². The average Bonchev–Trinajstić information content (AvgIpc) is 2.53. The Morgan fingerprint density at radius 3 is 2.81 bits per heavy atom. The highest BCUT2D eigenvalue weighted by atomic mass is 16.5. The predicted molar refractivity (Wildman–Crippen MR) is 83.3 cm³/mol. The molecule has 3 N–H and O–H groups in total. The Morgan fingerprint density at radius 2 is 1.95 bits per heavy atom. The zero-order valence-corrected chi connectivity index (χ0v) is 12.7. The van der Waals surface area contributed by atoms with E-state index in [1.54, 1.807) is 6.33 Å². The number of nitrogens with two attached hydrogens (primary N) is 1. The van der Waals surface area contributed by atoms with Crippen LogP contribution in [0.4, 0.5) is 5.82 Å². The van der Waals surface area contributed by atoms with Gasteiger partial charge in [0.25, 0.3) is 0 Å². The molecule has 0 bridgehead atoms. The summed E-state index contributed by atoms with van der Waals surface area (Å²) in [6.07, 6.45) is 11.1. The third-order valence-electron chi connectivity index (χ3n) is 4.59. The molecular weight excluding hydrogens is 264 g/mol. The molecule has 2 aliphatic carbocycles. The quantitative estimate of drug-likeness (QED) is 0.812. The van der Waals surface area contributed by atoms with Crippen molar-refractivity contribution < 1.29 is 4.74 Å². The van der Waals surface area contributed by atoms with Crippen molar-refractivity contribution in [3.63, 3.8) is 0 Å². The summed E-state index contributed by atoms with van der Waals surface area (Å²) in [5.74, 6) is 1.01. The number of aromatic nitrogens is 2. The Morgan fingerprint density at radius 1 is 1.14 bits per heavy atom. The molecule has 0 radical (unpaired) electrons. The molecule has 0 aromatic carbocycles. The maximum atomic E-state index is 5.94. The number of fused-ring (bicyclic) bond motifs is 1. The van der Waals surface area contributed by atoms with Crippen LogP contribution in [-0.2, 0) is 17.6 Å². The maximum absolute atomic E-state index is 5.94. The van der Waals surface area contributed by atoms with Gasteiger partial charge in [0.15, 0.2) is 0 Å². The summed E-state index contributed by atoms with van der Waals surface area (Å²) in [5.41, 5.74) is 8.45. The first-order valence-electron chi connectivity index (χ1n) is 8.26. The van der Waals surface area contributed by atoms with E-state index in [-0.39, 0.29) is 0 Å². The number of nitrogens with one attached hydrogen (secondary N) is 1. The molecule has 0 saturated heterocycles. The fourth-order valence-electron chi connectivity index (χ4n) is 3.32. The molecule has 1 aromatic heterocycles. The highest BCUT2D eigenvalue weighted by molar-refractivity contribution is 5.46. The van der Waals surface area contributed by atoms with E-state index in [0.717, 1.165) is 57.5 Å². The molecule has 1 saturated carbocycles. The average molecular weight is 290 g/mol. The van der Waals surface area contributed by atoms with E-state index in [1.165, 1.54) is 24.1 Å². The number of aryl methyl sites for hydroxylation is 1. The zero-order valence-electron chi connectivity index (χ0n) is 12.7. The zero-order chi connectivity index (χ0) is 14.5. The first-order valence-corrected chi connectivity index (χ1v) is 8.26. The van der Waals surface area contributed by atoms with Crippen molar-refractivity contribution >= 4 is 5.82 Å². The fourth-order valence-corrected chi connectivity index (χ4v) is 3.32. The Balaban J connectivity index is 1.43.